The van der Waals surface area contributed by atoms with E-state index in [-0.39, 0.29) is 6.04 Å². The van der Waals surface area contributed by atoms with Crippen molar-refractivity contribution in [2.24, 2.45) is 7.05 Å². The van der Waals surface area contributed by atoms with Crippen molar-refractivity contribution in [2.45, 2.75) is 19.9 Å². The molecule has 5 nitrogen and oxygen atoms in total. The standard InChI is InChI=1S/C13H15N5S/c1-8-5-4-6-10-11(8)18(13(19)15-10)9(2)12-16-14-7-17(12)3/h4-7,9H,1-3H3,(H,15,19). The maximum absolute atomic E-state index is 5.46. The van der Waals surface area contributed by atoms with E-state index in [4.69, 9.17) is 12.2 Å². The van der Waals surface area contributed by atoms with Crippen molar-refractivity contribution in [3.05, 3.63) is 40.7 Å². The van der Waals surface area contributed by atoms with Crippen LogP contribution in [-0.2, 0) is 7.05 Å². The molecule has 3 rings (SSSR count). The van der Waals surface area contributed by atoms with Gasteiger partial charge in [0.1, 0.15) is 6.33 Å². The van der Waals surface area contributed by atoms with Crippen LogP contribution >= 0.6 is 12.2 Å². The van der Waals surface area contributed by atoms with Crippen molar-refractivity contribution in [1.29, 1.82) is 0 Å². The fourth-order valence-corrected chi connectivity index (χ4v) is 2.87. The minimum absolute atomic E-state index is 0.0369. The molecule has 0 saturated carbocycles. The number of aromatic amines is 1. The number of aryl methyl sites for hydroxylation is 2. The van der Waals surface area contributed by atoms with Crippen molar-refractivity contribution in [2.75, 3.05) is 0 Å². The molecule has 0 aliphatic rings. The van der Waals surface area contributed by atoms with Gasteiger partial charge < -0.3 is 14.1 Å². The number of aromatic nitrogens is 5. The Bertz CT molecular complexity index is 795. The zero-order chi connectivity index (χ0) is 13.6. The third-order valence-electron chi connectivity index (χ3n) is 3.45. The summed E-state index contributed by atoms with van der Waals surface area (Å²) in [4.78, 5) is 3.25. The van der Waals surface area contributed by atoms with Crippen molar-refractivity contribution >= 4 is 23.3 Å². The molecule has 0 saturated heterocycles. The first-order valence-electron chi connectivity index (χ1n) is 6.13. The molecule has 2 aromatic heterocycles. The Morgan fingerprint density at radius 3 is 2.84 bits per heavy atom. The first-order chi connectivity index (χ1) is 9.09. The van der Waals surface area contributed by atoms with Gasteiger partial charge in [0.05, 0.1) is 17.1 Å². The van der Waals surface area contributed by atoms with E-state index in [1.807, 2.05) is 23.7 Å². The molecular formula is C13H15N5S. The third-order valence-corrected chi connectivity index (χ3v) is 3.75. The highest BCUT2D eigenvalue weighted by atomic mass is 32.1. The normalized spacial score (nSPS) is 13.0. The van der Waals surface area contributed by atoms with E-state index in [0.717, 1.165) is 16.9 Å². The Kier molecular flexibility index (Phi) is 2.74. The van der Waals surface area contributed by atoms with Crippen LogP contribution in [0, 0.1) is 11.7 Å². The molecular weight excluding hydrogens is 258 g/mol. The fraction of sp³-hybridized carbons (Fsp3) is 0.308. The first-order valence-corrected chi connectivity index (χ1v) is 6.54. The monoisotopic (exact) mass is 273 g/mol. The molecule has 1 unspecified atom stereocenters. The summed E-state index contributed by atoms with van der Waals surface area (Å²) < 4.78 is 4.73. The van der Waals surface area contributed by atoms with Crippen molar-refractivity contribution in [1.82, 2.24) is 24.3 Å². The lowest BCUT2D eigenvalue weighted by Crippen LogP contribution is -2.12. The lowest BCUT2D eigenvalue weighted by molar-refractivity contribution is 0.581. The van der Waals surface area contributed by atoms with Gasteiger partial charge in [0.15, 0.2) is 10.6 Å². The van der Waals surface area contributed by atoms with Crippen LogP contribution in [0.5, 0.6) is 0 Å². The number of rotatable bonds is 2. The van der Waals surface area contributed by atoms with E-state index in [1.54, 1.807) is 6.33 Å². The lowest BCUT2D eigenvalue weighted by atomic mass is 10.2. The largest absolute Gasteiger partial charge is 0.331 e. The number of para-hydroxylation sites is 1. The average molecular weight is 273 g/mol. The number of H-pyrrole nitrogens is 1. The summed E-state index contributed by atoms with van der Waals surface area (Å²) >= 11 is 5.46. The topological polar surface area (TPSA) is 51.4 Å². The van der Waals surface area contributed by atoms with Gasteiger partial charge in [-0.2, -0.15) is 0 Å². The van der Waals surface area contributed by atoms with Gasteiger partial charge in [0, 0.05) is 7.05 Å². The molecule has 19 heavy (non-hydrogen) atoms. The van der Waals surface area contributed by atoms with Crippen LogP contribution in [0.4, 0.5) is 0 Å². The van der Waals surface area contributed by atoms with Gasteiger partial charge in [-0.05, 0) is 37.7 Å². The van der Waals surface area contributed by atoms with Crippen LogP contribution in [0.15, 0.2) is 24.5 Å². The van der Waals surface area contributed by atoms with Crippen LogP contribution in [0.3, 0.4) is 0 Å². The van der Waals surface area contributed by atoms with Crippen molar-refractivity contribution in [3.8, 4) is 0 Å². The number of imidazole rings is 1. The maximum atomic E-state index is 5.46. The van der Waals surface area contributed by atoms with Gasteiger partial charge in [-0.1, -0.05) is 12.1 Å². The molecule has 1 N–H and O–H groups in total. The van der Waals surface area contributed by atoms with E-state index >= 15 is 0 Å². The van der Waals surface area contributed by atoms with Gasteiger partial charge in [0.25, 0.3) is 0 Å². The predicted octanol–water partition coefficient (Wildman–Crippen LogP) is 2.75. The smallest absolute Gasteiger partial charge is 0.178 e. The third kappa shape index (κ3) is 1.79. The minimum Gasteiger partial charge on any atom is -0.331 e. The molecule has 98 valence electrons. The summed E-state index contributed by atoms with van der Waals surface area (Å²) in [5.41, 5.74) is 3.38. The summed E-state index contributed by atoms with van der Waals surface area (Å²) in [7, 11) is 1.94. The molecule has 0 aliphatic heterocycles. The van der Waals surface area contributed by atoms with Crippen LogP contribution in [-0.4, -0.2) is 24.3 Å². The quantitative estimate of drug-likeness (QED) is 0.730. The molecule has 6 heteroatoms. The van der Waals surface area contributed by atoms with Crippen LogP contribution in [0.2, 0.25) is 0 Å². The molecule has 0 amide bonds. The zero-order valence-electron chi connectivity index (χ0n) is 11.1. The number of fused-ring (bicyclic) bond motifs is 1. The van der Waals surface area contributed by atoms with E-state index in [1.165, 1.54) is 5.56 Å². The van der Waals surface area contributed by atoms with E-state index in [0.29, 0.717) is 4.77 Å². The van der Waals surface area contributed by atoms with Gasteiger partial charge in [-0.3, -0.25) is 0 Å². The molecule has 1 aromatic carbocycles. The van der Waals surface area contributed by atoms with E-state index in [2.05, 4.69) is 39.7 Å². The van der Waals surface area contributed by atoms with E-state index < -0.39 is 0 Å². The number of nitrogens with zero attached hydrogens (tertiary/aromatic N) is 4. The second kappa shape index (κ2) is 4.31. The van der Waals surface area contributed by atoms with Gasteiger partial charge in [-0.25, -0.2) is 0 Å². The minimum atomic E-state index is 0.0369. The summed E-state index contributed by atoms with van der Waals surface area (Å²) in [6, 6.07) is 6.19. The zero-order valence-corrected chi connectivity index (χ0v) is 11.9. The number of benzene rings is 1. The summed E-state index contributed by atoms with van der Waals surface area (Å²) in [6.07, 6.45) is 1.71. The van der Waals surface area contributed by atoms with Gasteiger partial charge in [-0.15, -0.1) is 10.2 Å². The number of hydrogen-bond donors (Lipinski definition) is 1. The Balaban J connectivity index is 2.28. The second-order valence-electron chi connectivity index (χ2n) is 4.75. The predicted molar refractivity (Wildman–Crippen MR) is 76.7 cm³/mol. The van der Waals surface area contributed by atoms with Crippen LogP contribution in [0.1, 0.15) is 24.4 Å². The fourth-order valence-electron chi connectivity index (χ4n) is 2.51. The molecule has 3 aromatic rings. The Hall–Kier alpha value is -1.95. The average Bonchev–Trinajstić information content (AvgIpc) is 2.92. The molecule has 0 bridgehead atoms. The Labute approximate surface area is 115 Å². The summed E-state index contributed by atoms with van der Waals surface area (Å²) in [6.45, 7) is 4.17. The SMILES string of the molecule is Cc1cccc2[nH]c(=S)n(C(C)c3nncn3C)c12. The van der Waals surface area contributed by atoms with Gasteiger partial charge in [0.2, 0.25) is 0 Å². The molecule has 0 fully saturated rings. The van der Waals surface area contributed by atoms with Gasteiger partial charge >= 0.3 is 0 Å². The molecule has 2 heterocycles. The maximum Gasteiger partial charge on any atom is 0.178 e. The summed E-state index contributed by atoms with van der Waals surface area (Å²) in [5.74, 6) is 0.889. The van der Waals surface area contributed by atoms with Crippen LogP contribution in [0.25, 0.3) is 11.0 Å². The van der Waals surface area contributed by atoms with Crippen LogP contribution < -0.4 is 0 Å². The highest BCUT2D eigenvalue weighted by Gasteiger charge is 2.18. The molecule has 0 spiro atoms. The number of nitrogens with one attached hydrogen (secondary N) is 1. The lowest BCUT2D eigenvalue weighted by Gasteiger charge is -2.14. The molecule has 1 atom stereocenters. The molecule has 0 aliphatic carbocycles. The highest BCUT2D eigenvalue weighted by Crippen LogP contribution is 2.25. The Morgan fingerprint density at radius 2 is 2.16 bits per heavy atom. The highest BCUT2D eigenvalue weighted by molar-refractivity contribution is 7.71. The summed E-state index contributed by atoms with van der Waals surface area (Å²) in [5, 5.41) is 8.12. The molecule has 0 radical (unpaired) electrons. The van der Waals surface area contributed by atoms with Crippen molar-refractivity contribution in [3.63, 3.8) is 0 Å². The second-order valence-corrected chi connectivity index (χ2v) is 5.13. The van der Waals surface area contributed by atoms with Crippen molar-refractivity contribution < 1.29 is 0 Å². The Morgan fingerprint density at radius 1 is 1.37 bits per heavy atom. The van der Waals surface area contributed by atoms with E-state index in [9.17, 15) is 0 Å². The first kappa shape index (κ1) is 12.1. The number of hydrogen-bond acceptors (Lipinski definition) is 3.